The molecule has 3 aromatic rings. The van der Waals surface area contributed by atoms with Crippen molar-refractivity contribution in [3.63, 3.8) is 0 Å². The second-order valence-corrected chi connectivity index (χ2v) is 9.67. The fourth-order valence-electron chi connectivity index (χ4n) is 5.79. The average Bonchev–Trinajstić information content (AvgIpc) is 3.54. The Bertz CT molecular complexity index is 1330. The lowest BCUT2D eigenvalue weighted by molar-refractivity contribution is -0.139. The van der Waals surface area contributed by atoms with Crippen LogP contribution in [0, 0.1) is 5.41 Å². The molecule has 34 heavy (non-hydrogen) atoms. The Kier molecular flexibility index (Phi) is 4.89. The number of likely N-dealkylation sites (tertiary alicyclic amines) is 2. The number of nitrogens with zero attached hydrogens (tertiary/aromatic N) is 6. The molecule has 2 atom stereocenters. The normalized spacial score (nSPS) is 23.8. The highest BCUT2D eigenvalue weighted by molar-refractivity contribution is 5.91. The number of carbonyl (C=O) groups is 2. The molecule has 1 spiro atoms. The lowest BCUT2D eigenvalue weighted by Gasteiger charge is -2.38. The molecule has 1 N–H and O–H groups in total. The number of aliphatic hydroxyl groups is 1. The molecule has 3 aliphatic heterocycles. The number of piperidine rings is 1. The van der Waals surface area contributed by atoms with Gasteiger partial charge < -0.3 is 19.6 Å². The topological polar surface area (TPSA) is 113 Å². The third-order valence-electron chi connectivity index (χ3n) is 7.57. The summed E-state index contributed by atoms with van der Waals surface area (Å²) in [6.45, 7) is 4.21. The number of ether oxygens (including phenoxy) is 1. The molecule has 0 saturated carbocycles. The van der Waals surface area contributed by atoms with Gasteiger partial charge in [-0.2, -0.15) is 4.52 Å². The van der Waals surface area contributed by atoms with E-state index in [9.17, 15) is 14.7 Å². The maximum atomic E-state index is 13.4. The number of cyclic esters (lactones) is 1. The lowest BCUT2D eigenvalue weighted by atomic mass is 9.76. The van der Waals surface area contributed by atoms with Crippen LogP contribution >= 0.6 is 0 Å². The summed E-state index contributed by atoms with van der Waals surface area (Å²) in [6, 6.07) is 9.69. The van der Waals surface area contributed by atoms with Crippen LogP contribution in [0.4, 0.5) is 0 Å². The number of aliphatic hydroxyl groups excluding tert-OH is 1. The van der Waals surface area contributed by atoms with Crippen molar-refractivity contribution in [2.24, 2.45) is 5.41 Å². The molecule has 2 fully saturated rings. The Labute approximate surface area is 195 Å². The van der Waals surface area contributed by atoms with Crippen LogP contribution in [-0.4, -0.2) is 79.1 Å². The zero-order chi connectivity index (χ0) is 23.4. The van der Waals surface area contributed by atoms with E-state index in [-0.39, 0.29) is 24.5 Å². The predicted octanol–water partition coefficient (Wildman–Crippen LogP) is 1.45. The first-order valence-corrected chi connectivity index (χ1v) is 11.7. The number of hydrogen-bond acceptors (Lipinski definition) is 8. The van der Waals surface area contributed by atoms with Gasteiger partial charge in [0.1, 0.15) is 6.61 Å². The van der Waals surface area contributed by atoms with Gasteiger partial charge in [-0.1, -0.05) is 6.07 Å². The molecule has 5 heterocycles. The van der Waals surface area contributed by atoms with E-state index in [4.69, 9.17) is 4.74 Å². The van der Waals surface area contributed by atoms with Crippen molar-refractivity contribution in [1.82, 2.24) is 29.8 Å². The molecule has 10 nitrogen and oxygen atoms in total. The Morgan fingerprint density at radius 1 is 1.21 bits per heavy atom. The molecule has 176 valence electrons. The molecule has 10 heteroatoms. The monoisotopic (exact) mass is 462 g/mol. The average molecular weight is 463 g/mol. The molecular weight excluding hydrogens is 436 g/mol. The molecular formula is C24H26N6O4. The van der Waals surface area contributed by atoms with Crippen LogP contribution in [0.15, 0.2) is 42.1 Å². The molecule has 0 aliphatic carbocycles. The van der Waals surface area contributed by atoms with Gasteiger partial charge in [-0.3, -0.25) is 4.79 Å². The highest BCUT2D eigenvalue weighted by Gasteiger charge is 2.52. The second-order valence-electron chi connectivity index (χ2n) is 9.67. The van der Waals surface area contributed by atoms with Crippen LogP contribution < -0.4 is 0 Å². The van der Waals surface area contributed by atoms with E-state index in [0.717, 1.165) is 48.8 Å². The van der Waals surface area contributed by atoms with Crippen LogP contribution in [0.2, 0.25) is 0 Å². The molecule has 0 bridgehead atoms. The number of benzene rings is 1. The van der Waals surface area contributed by atoms with Crippen molar-refractivity contribution in [2.75, 3.05) is 26.2 Å². The van der Waals surface area contributed by atoms with Gasteiger partial charge in [0, 0.05) is 24.0 Å². The number of esters is 1. The summed E-state index contributed by atoms with van der Waals surface area (Å²) in [7, 11) is 0. The quantitative estimate of drug-likeness (QED) is 0.580. The van der Waals surface area contributed by atoms with Gasteiger partial charge in [0.15, 0.2) is 5.65 Å². The first kappa shape index (κ1) is 21.2. The molecule has 1 aromatic carbocycles. The largest absolute Gasteiger partial charge is 0.456 e. The standard InChI is InChI=1S/C24H26N6O4/c1-15-12-24(23(33)29(15)18-11-22(32)34-14-18)6-8-28(9-7-24)13-20(31)17-2-4-19-16(10-17)3-5-21-25-26-27-30(19)21/h2-5,10-11,15,20,31H,6-9,12-14H2,1H3/t15-,20+/m1/s1. The van der Waals surface area contributed by atoms with E-state index in [2.05, 4.69) is 20.4 Å². The zero-order valence-electron chi connectivity index (χ0n) is 18.9. The van der Waals surface area contributed by atoms with Gasteiger partial charge in [-0.25, -0.2) is 4.79 Å². The molecule has 0 unspecified atom stereocenters. The number of tetrazole rings is 1. The molecule has 6 rings (SSSR count). The summed E-state index contributed by atoms with van der Waals surface area (Å²) in [6.07, 6.45) is 3.08. The maximum absolute atomic E-state index is 13.4. The van der Waals surface area contributed by atoms with Gasteiger partial charge in [-0.15, -0.1) is 5.10 Å². The summed E-state index contributed by atoms with van der Waals surface area (Å²) < 4.78 is 6.71. The number of fused-ring (bicyclic) bond motifs is 3. The minimum Gasteiger partial charge on any atom is -0.456 e. The lowest BCUT2D eigenvalue weighted by Crippen LogP contribution is -2.45. The van der Waals surface area contributed by atoms with Gasteiger partial charge in [0.05, 0.1) is 22.7 Å². The number of aromatic nitrogens is 4. The van der Waals surface area contributed by atoms with Gasteiger partial charge >= 0.3 is 5.97 Å². The van der Waals surface area contributed by atoms with Crippen LogP contribution in [0.1, 0.15) is 37.9 Å². The summed E-state index contributed by atoms with van der Waals surface area (Å²) >= 11 is 0. The van der Waals surface area contributed by atoms with Gasteiger partial charge in [-0.05, 0) is 79.5 Å². The van der Waals surface area contributed by atoms with E-state index >= 15 is 0 Å². The van der Waals surface area contributed by atoms with Crippen molar-refractivity contribution < 1.29 is 19.4 Å². The van der Waals surface area contributed by atoms with Crippen LogP contribution in [0.5, 0.6) is 0 Å². The molecule has 0 radical (unpaired) electrons. The van der Waals surface area contributed by atoms with Crippen LogP contribution in [0.25, 0.3) is 16.6 Å². The SMILES string of the molecule is C[C@@H]1CC2(CCN(C[C@H](O)c3ccc4c(ccc5nnnn54)c3)CC2)C(=O)N1C1=CC(=O)OC1. The Morgan fingerprint density at radius 2 is 2.03 bits per heavy atom. The van der Waals surface area contributed by atoms with E-state index in [1.54, 1.807) is 9.42 Å². The highest BCUT2D eigenvalue weighted by Crippen LogP contribution is 2.46. The van der Waals surface area contributed by atoms with E-state index in [1.807, 2.05) is 37.3 Å². The van der Waals surface area contributed by atoms with Crippen molar-refractivity contribution >= 4 is 28.4 Å². The molecule has 3 aliphatic rings. The van der Waals surface area contributed by atoms with E-state index in [0.29, 0.717) is 17.9 Å². The van der Waals surface area contributed by atoms with Crippen molar-refractivity contribution in [3.8, 4) is 0 Å². The number of carbonyl (C=O) groups excluding carboxylic acids is 2. The summed E-state index contributed by atoms with van der Waals surface area (Å²) in [5.41, 5.74) is 2.69. The zero-order valence-corrected chi connectivity index (χ0v) is 18.9. The number of hydrogen-bond donors (Lipinski definition) is 1. The smallest absolute Gasteiger partial charge is 0.333 e. The number of β-amino-alcohol motifs (C(OH)–C–C–N with tert-alkyl or cyclic N) is 1. The first-order chi connectivity index (χ1) is 16.4. The number of pyridine rings is 1. The van der Waals surface area contributed by atoms with Crippen molar-refractivity contribution in [2.45, 2.75) is 38.3 Å². The van der Waals surface area contributed by atoms with E-state index in [1.165, 1.54) is 6.08 Å². The minimum absolute atomic E-state index is 0.0506. The summed E-state index contributed by atoms with van der Waals surface area (Å²) in [4.78, 5) is 28.9. The fraction of sp³-hybridized carbons (Fsp3) is 0.458. The third kappa shape index (κ3) is 3.36. The second kappa shape index (κ2) is 7.85. The minimum atomic E-state index is -0.635. The van der Waals surface area contributed by atoms with Crippen LogP contribution in [0.3, 0.4) is 0 Å². The van der Waals surface area contributed by atoms with Gasteiger partial charge in [0.2, 0.25) is 5.91 Å². The molecule has 2 saturated heterocycles. The molecule has 1 amide bonds. The van der Waals surface area contributed by atoms with E-state index < -0.39 is 11.5 Å². The summed E-state index contributed by atoms with van der Waals surface area (Å²) in [5.74, 6) is -0.274. The van der Waals surface area contributed by atoms with Crippen molar-refractivity contribution in [1.29, 1.82) is 0 Å². The highest BCUT2D eigenvalue weighted by atomic mass is 16.5. The predicted molar refractivity (Wildman–Crippen MR) is 121 cm³/mol. The number of amides is 1. The Morgan fingerprint density at radius 3 is 2.79 bits per heavy atom. The van der Waals surface area contributed by atoms with Crippen molar-refractivity contribution in [3.05, 3.63) is 47.7 Å². The van der Waals surface area contributed by atoms with Crippen LogP contribution in [-0.2, 0) is 14.3 Å². The number of rotatable bonds is 4. The summed E-state index contributed by atoms with van der Waals surface area (Å²) in [5, 5.41) is 23.6. The third-order valence-corrected chi connectivity index (χ3v) is 7.57. The Balaban J connectivity index is 1.13. The van der Waals surface area contributed by atoms with Gasteiger partial charge in [0.25, 0.3) is 0 Å². The molecule has 2 aromatic heterocycles. The first-order valence-electron chi connectivity index (χ1n) is 11.7. The maximum Gasteiger partial charge on any atom is 0.333 e. The fourth-order valence-corrected chi connectivity index (χ4v) is 5.79. The Hall–Kier alpha value is -3.37.